The van der Waals surface area contributed by atoms with Crippen LogP contribution >= 0.6 is 0 Å². The first kappa shape index (κ1) is 23.0. The van der Waals surface area contributed by atoms with Gasteiger partial charge >= 0.3 is 6.18 Å². The fourth-order valence-corrected chi connectivity index (χ4v) is 3.98. The van der Waals surface area contributed by atoms with Gasteiger partial charge in [-0.3, -0.25) is 14.4 Å². The molecule has 0 bridgehead atoms. The maximum atomic E-state index is 13.8. The Bertz CT molecular complexity index is 1350. The Morgan fingerprint density at radius 2 is 1.76 bits per heavy atom. The Morgan fingerprint density at radius 3 is 2.41 bits per heavy atom. The topological polar surface area (TPSA) is 101 Å². The first-order valence-electron chi connectivity index (χ1n) is 9.99. The molecule has 1 atom stereocenters. The number of aryl methyl sites for hydroxylation is 1. The molecule has 1 aliphatic heterocycles. The van der Waals surface area contributed by atoms with E-state index < -0.39 is 46.9 Å². The molecule has 0 radical (unpaired) electrons. The van der Waals surface area contributed by atoms with Crippen LogP contribution in [0.3, 0.4) is 0 Å². The molecule has 3 aromatic carbocycles. The van der Waals surface area contributed by atoms with Crippen LogP contribution in [0.5, 0.6) is 0 Å². The highest BCUT2D eigenvalue weighted by Gasteiger charge is 2.37. The van der Waals surface area contributed by atoms with E-state index in [0.29, 0.717) is 17.7 Å². The van der Waals surface area contributed by atoms with Gasteiger partial charge in [0.1, 0.15) is 5.82 Å². The van der Waals surface area contributed by atoms with E-state index in [1.807, 2.05) is 0 Å². The van der Waals surface area contributed by atoms with Crippen LogP contribution in [0.25, 0.3) is 0 Å². The number of amides is 3. The number of benzene rings is 3. The largest absolute Gasteiger partial charge is 0.416 e. The lowest BCUT2D eigenvalue weighted by Crippen LogP contribution is -2.22. The highest BCUT2D eigenvalue weighted by molar-refractivity contribution is 6.13. The van der Waals surface area contributed by atoms with Crippen molar-refractivity contribution < 1.29 is 31.9 Å². The molecule has 0 aliphatic carbocycles. The number of halogens is 4. The lowest BCUT2D eigenvalue weighted by Gasteiger charge is -2.19. The Hall–Kier alpha value is -4.21. The number of hydrogen-bond donors (Lipinski definition) is 3. The summed E-state index contributed by atoms with van der Waals surface area (Å²) in [5.41, 5.74) is 5.20. The molecule has 10 heteroatoms. The maximum absolute atomic E-state index is 13.8. The summed E-state index contributed by atoms with van der Waals surface area (Å²) >= 11 is 0. The zero-order valence-corrected chi connectivity index (χ0v) is 17.6. The van der Waals surface area contributed by atoms with E-state index in [1.165, 1.54) is 12.1 Å². The average molecular weight is 471 g/mol. The Balaban J connectivity index is 1.83. The second-order valence-corrected chi connectivity index (χ2v) is 7.76. The fraction of sp³-hybridized carbons (Fsp3) is 0.125. The van der Waals surface area contributed by atoms with Crippen molar-refractivity contribution in [3.8, 4) is 0 Å². The zero-order chi connectivity index (χ0) is 24.8. The molecule has 4 rings (SSSR count). The van der Waals surface area contributed by atoms with Gasteiger partial charge in [0.05, 0.1) is 22.7 Å². The molecule has 0 fully saturated rings. The second kappa shape index (κ2) is 8.29. The smallest absolute Gasteiger partial charge is 0.366 e. The third-order valence-corrected chi connectivity index (χ3v) is 5.54. The minimum Gasteiger partial charge on any atom is -0.366 e. The molecule has 1 aliphatic rings. The van der Waals surface area contributed by atoms with Crippen LogP contribution in [0.4, 0.5) is 23.2 Å². The van der Waals surface area contributed by atoms with Crippen LogP contribution in [0.2, 0.25) is 0 Å². The first-order valence-corrected chi connectivity index (χ1v) is 9.99. The molecule has 0 saturated heterocycles. The summed E-state index contributed by atoms with van der Waals surface area (Å²) in [6.07, 6.45) is -4.85. The summed E-state index contributed by atoms with van der Waals surface area (Å²) in [6, 6.07) is 10.4. The highest BCUT2D eigenvalue weighted by Crippen LogP contribution is 2.39. The molecule has 4 N–H and O–H groups in total. The number of primary amides is 1. The van der Waals surface area contributed by atoms with Gasteiger partial charge in [-0.05, 0) is 48.4 Å². The second-order valence-electron chi connectivity index (χ2n) is 7.76. The van der Waals surface area contributed by atoms with Gasteiger partial charge < -0.3 is 16.4 Å². The molecule has 174 valence electrons. The number of nitrogens with one attached hydrogen (secondary N) is 2. The van der Waals surface area contributed by atoms with Crippen molar-refractivity contribution in [2.24, 2.45) is 5.73 Å². The van der Waals surface area contributed by atoms with Gasteiger partial charge in [-0.25, -0.2) is 4.39 Å². The van der Waals surface area contributed by atoms with Gasteiger partial charge in [-0.15, -0.1) is 0 Å². The third-order valence-electron chi connectivity index (χ3n) is 5.54. The quantitative estimate of drug-likeness (QED) is 0.494. The number of rotatable bonds is 4. The van der Waals surface area contributed by atoms with Crippen LogP contribution in [0.15, 0.2) is 54.6 Å². The Labute approximate surface area is 190 Å². The summed E-state index contributed by atoms with van der Waals surface area (Å²) in [5, 5.41) is 5.21. The average Bonchev–Trinajstić information content (AvgIpc) is 3.10. The summed E-state index contributed by atoms with van der Waals surface area (Å²) in [6.45, 7) is 1.81. The summed E-state index contributed by atoms with van der Waals surface area (Å²) in [7, 11) is 0. The number of nitrogens with two attached hydrogens (primary N) is 1. The molecule has 0 aromatic heterocycles. The highest BCUT2D eigenvalue weighted by atomic mass is 19.4. The number of anilines is 1. The van der Waals surface area contributed by atoms with Crippen molar-refractivity contribution >= 4 is 23.4 Å². The van der Waals surface area contributed by atoms with Gasteiger partial charge in [-0.1, -0.05) is 24.3 Å². The molecule has 6 nitrogen and oxygen atoms in total. The van der Waals surface area contributed by atoms with Crippen LogP contribution in [-0.4, -0.2) is 17.7 Å². The molecular formula is C24H17F4N3O3. The number of alkyl halides is 3. The predicted molar refractivity (Wildman–Crippen MR) is 115 cm³/mol. The van der Waals surface area contributed by atoms with E-state index in [-0.39, 0.29) is 28.4 Å². The van der Waals surface area contributed by atoms with E-state index in [1.54, 1.807) is 31.2 Å². The lowest BCUT2D eigenvalue weighted by molar-refractivity contribution is -0.137. The zero-order valence-electron chi connectivity index (χ0n) is 17.6. The van der Waals surface area contributed by atoms with Crippen molar-refractivity contribution in [3.05, 3.63) is 99.4 Å². The summed E-state index contributed by atoms with van der Waals surface area (Å²) < 4.78 is 53.0. The SMILES string of the molecule is Cc1ccccc1[C@@H]1NC(=O)c2c(C(N)=O)ccc(NC(=O)c3cc(F)cc(C(F)(F)F)c3)c21. The van der Waals surface area contributed by atoms with Crippen LogP contribution in [-0.2, 0) is 6.18 Å². The molecule has 0 spiro atoms. The van der Waals surface area contributed by atoms with Gasteiger partial charge in [0, 0.05) is 16.8 Å². The number of hydrogen-bond acceptors (Lipinski definition) is 3. The normalized spacial score (nSPS) is 15.0. The van der Waals surface area contributed by atoms with E-state index in [2.05, 4.69) is 10.6 Å². The monoisotopic (exact) mass is 471 g/mol. The van der Waals surface area contributed by atoms with E-state index in [4.69, 9.17) is 5.73 Å². The predicted octanol–water partition coefficient (Wildman–Crippen LogP) is 4.34. The molecular weight excluding hydrogens is 454 g/mol. The third kappa shape index (κ3) is 4.09. The van der Waals surface area contributed by atoms with Gasteiger partial charge in [0.25, 0.3) is 11.8 Å². The maximum Gasteiger partial charge on any atom is 0.416 e. The van der Waals surface area contributed by atoms with Gasteiger partial charge in [0.15, 0.2) is 0 Å². The minimum absolute atomic E-state index is 0.0474. The Kier molecular flexibility index (Phi) is 5.60. The molecule has 3 aromatic rings. The lowest BCUT2D eigenvalue weighted by atomic mass is 9.91. The van der Waals surface area contributed by atoms with E-state index in [9.17, 15) is 31.9 Å². The standard InChI is InChI=1S/C24H17F4N3O3/c1-11-4-2-3-5-15(11)20-19-17(7-6-16(21(29)32)18(19)23(34)31-20)30-22(33)12-8-13(24(26,27)28)10-14(25)9-12/h2-10,20H,1H3,(H2,29,32)(H,30,33)(H,31,34)/t20-/m0/s1. The first-order chi connectivity index (χ1) is 16.0. The molecule has 0 unspecified atom stereocenters. The molecule has 3 amide bonds. The molecule has 34 heavy (non-hydrogen) atoms. The number of fused-ring (bicyclic) bond motifs is 1. The van der Waals surface area contributed by atoms with Gasteiger partial charge in [-0.2, -0.15) is 13.2 Å². The molecule has 0 saturated carbocycles. The van der Waals surface area contributed by atoms with Crippen molar-refractivity contribution in [1.29, 1.82) is 0 Å². The van der Waals surface area contributed by atoms with Crippen molar-refractivity contribution in [2.45, 2.75) is 19.1 Å². The fourth-order valence-electron chi connectivity index (χ4n) is 3.98. The minimum atomic E-state index is -4.85. The summed E-state index contributed by atoms with van der Waals surface area (Å²) in [4.78, 5) is 37.5. The van der Waals surface area contributed by atoms with E-state index >= 15 is 0 Å². The summed E-state index contributed by atoms with van der Waals surface area (Å²) in [5.74, 6) is -3.72. The van der Waals surface area contributed by atoms with Crippen LogP contribution in [0, 0.1) is 12.7 Å². The van der Waals surface area contributed by atoms with Crippen LogP contribution < -0.4 is 16.4 Å². The Morgan fingerprint density at radius 1 is 1.06 bits per heavy atom. The number of carbonyl (C=O) groups is 3. The molecule has 1 heterocycles. The van der Waals surface area contributed by atoms with Crippen molar-refractivity contribution in [3.63, 3.8) is 0 Å². The van der Waals surface area contributed by atoms with Crippen LogP contribution in [0.1, 0.15) is 59.4 Å². The number of carbonyl (C=O) groups excluding carboxylic acids is 3. The van der Waals surface area contributed by atoms with Crippen molar-refractivity contribution in [1.82, 2.24) is 5.32 Å². The van der Waals surface area contributed by atoms with Gasteiger partial charge in [0.2, 0.25) is 5.91 Å². The van der Waals surface area contributed by atoms with Crippen molar-refractivity contribution in [2.75, 3.05) is 5.32 Å². The van der Waals surface area contributed by atoms with E-state index in [0.717, 1.165) is 5.56 Å².